The topological polar surface area (TPSA) is 63.2 Å². The van der Waals surface area contributed by atoms with Gasteiger partial charge in [-0.25, -0.2) is 8.42 Å². The Morgan fingerprint density at radius 2 is 1.81 bits per heavy atom. The predicted octanol–water partition coefficient (Wildman–Crippen LogP) is 3.94. The van der Waals surface area contributed by atoms with Crippen LogP contribution in [-0.4, -0.2) is 31.4 Å². The number of rotatable bonds is 5. The molecule has 0 radical (unpaired) electrons. The Balaban J connectivity index is 1.58. The van der Waals surface area contributed by atoms with Crippen molar-refractivity contribution < 1.29 is 13.2 Å². The van der Waals surface area contributed by atoms with Crippen molar-refractivity contribution in [2.75, 3.05) is 11.5 Å². The second-order valence-electron chi connectivity index (χ2n) is 6.80. The Morgan fingerprint density at radius 3 is 2.38 bits per heavy atom. The Kier molecular flexibility index (Phi) is 5.65. The van der Waals surface area contributed by atoms with Crippen LogP contribution in [0.1, 0.15) is 29.3 Å². The molecule has 0 unspecified atom stereocenters. The minimum atomic E-state index is -3.05. The summed E-state index contributed by atoms with van der Waals surface area (Å²) in [7, 11) is -3.05. The Morgan fingerprint density at radius 1 is 1.15 bits per heavy atom. The number of sulfone groups is 1. The molecule has 138 valence electrons. The van der Waals surface area contributed by atoms with Crippen molar-refractivity contribution in [1.29, 1.82) is 0 Å². The zero-order chi connectivity index (χ0) is 18.8. The van der Waals surface area contributed by atoms with Gasteiger partial charge < -0.3 is 5.32 Å². The number of amides is 1. The van der Waals surface area contributed by atoms with Gasteiger partial charge in [-0.3, -0.25) is 4.79 Å². The fourth-order valence-electron chi connectivity index (χ4n) is 2.91. The standard InChI is InChI=1S/C19H20ClNO3S2/c1-19(10-11-26(23,24)13-19)21-18(22)15-4-2-14(3-5-15)12-25-17-8-6-16(20)7-9-17/h2-9H,10-13H2,1H3,(H,21,22)/t19-/m0/s1. The van der Waals surface area contributed by atoms with Crippen LogP contribution in [0.2, 0.25) is 5.02 Å². The first-order valence-electron chi connectivity index (χ1n) is 8.25. The highest BCUT2D eigenvalue weighted by Crippen LogP contribution is 2.25. The van der Waals surface area contributed by atoms with Crippen LogP contribution in [0.4, 0.5) is 0 Å². The lowest BCUT2D eigenvalue weighted by molar-refractivity contribution is 0.0915. The van der Waals surface area contributed by atoms with Gasteiger partial charge in [0.05, 0.1) is 17.0 Å². The Bertz CT molecular complexity index is 895. The molecule has 1 heterocycles. The quantitative estimate of drug-likeness (QED) is 0.759. The van der Waals surface area contributed by atoms with Crippen LogP contribution in [-0.2, 0) is 15.6 Å². The number of carbonyl (C=O) groups is 1. The maximum absolute atomic E-state index is 12.4. The maximum atomic E-state index is 12.4. The van der Waals surface area contributed by atoms with E-state index in [4.69, 9.17) is 11.6 Å². The molecule has 7 heteroatoms. The third-order valence-electron chi connectivity index (χ3n) is 4.35. The average Bonchev–Trinajstić information content (AvgIpc) is 2.87. The average molecular weight is 410 g/mol. The lowest BCUT2D eigenvalue weighted by Crippen LogP contribution is -2.46. The van der Waals surface area contributed by atoms with E-state index in [2.05, 4.69) is 5.32 Å². The molecule has 26 heavy (non-hydrogen) atoms. The van der Waals surface area contributed by atoms with Crippen LogP contribution in [0.15, 0.2) is 53.4 Å². The van der Waals surface area contributed by atoms with Crippen molar-refractivity contribution in [1.82, 2.24) is 5.32 Å². The lowest BCUT2D eigenvalue weighted by Gasteiger charge is -2.23. The van der Waals surface area contributed by atoms with Gasteiger partial charge in [-0.2, -0.15) is 0 Å². The van der Waals surface area contributed by atoms with Crippen LogP contribution in [0.25, 0.3) is 0 Å². The first-order valence-corrected chi connectivity index (χ1v) is 11.4. The molecule has 1 aliphatic heterocycles. The summed E-state index contributed by atoms with van der Waals surface area (Å²) in [5.74, 6) is 0.688. The smallest absolute Gasteiger partial charge is 0.251 e. The number of benzene rings is 2. The van der Waals surface area contributed by atoms with Gasteiger partial charge in [-0.15, -0.1) is 11.8 Å². The Hall–Kier alpha value is -1.50. The molecule has 0 saturated carbocycles. The molecule has 2 aromatic rings. The van der Waals surface area contributed by atoms with E-state index in [0.29, 0.717) is 17.0 Å². The van der Waals surface area contributed by atoms with Crippen LogP contribution in [0, 0.1) is 0 Å². The highest BCUT2D eigenvalue weighted by Gasteiger charge is 2.39. The summed E-state index contributed by atoms with van der Waals surface area (Å²) >= 11 is 7.58. The van der Waals surface area contributed by atoms with Crippen LogP contribution < -0.4 is 5.32 Å². The van der Waals surface area contributed by atoms with Crippen molar-refractivity contribution in [3.63, 3.8) is 0 Å². The normalized spacial score (nSPS) is 21.5. The second kappa shape index (κ2) is 7.62. The van der Waals surface area contributed by atoms with Crippen molar-refractivity contribution in [2.24, 2.45) is 0 Å². The third-order valence-corrected chi connectivity index (χ3v) is 7.59. The minimum absolute atomic E-state index is 0.00154. The summed E-state index contributed by atoms with van der Waals surface area (Å²) in [6.07, 6.45) is 0.455. The highest BCUT2D eigenvalue weighted by molar-refractivity contribution is 7.98. The van der Waals surface area contributed by atoms with E-state index in [1.54, 1.807) is 30.8 Å². The molecule has 1 saturated heterocycles. The summed E-state index contributed by atoms with van der Waals surface area (Å²) in [4.78, 5) is 13.5. The molecule has 2 aromatic carbocycles. The summed E-state index contributed by atoms with van der Waals surface area (Å²) in [5.41, 5.74) is 0.964. The monoisotopic (exact) mass is 409 g/mol. The zero-order valence-corrected chi connectivity index (χ0v) is 16.8. The summed E-state index contributed by atoms with van der Waals surface area (Å²) in [5, 5.41) is 3.59. The van der Waals surface area contributed by atoms with Gasteiger partial charge in [-0.05, 0) is 55.3 Å². The fourth-order valence-corrected chi connectivity index (χ4v) is 5.98. The van der Waals surface area contributed by atoms with Gasteiger partial charge in [-0.1, -0.05) is 23.7 Å². The van der Waals surface area contributed by atoms with E-state index in [-0.39, 0.29) is 17.4 Å². The molecule has 0 bridgehead atoms. The highest BCUT2D eigenvalue weighted by atomic mass is 35.5. The van der Waals surface area contributed by atoms with Gasteiger partial charge in [0.2, 0.25) is 0 Å². The van der Waals surface area contributed by atoms with Crippen LogP contribution >= 0.6 is 23.4 Å². The van der Waals surface area contributed by atoms with E-state index in [1.165, 1.54) is 0 Å². The van der Waals surface area contributed by atoms with Crippen LogP contribution in [0.5, 0.6) is 0 Å². The summed E-state index contributed by atoms with van der Waals surface area (Å²) < 4.78 is 23.3. The van der Waals surface area contributed by atoms with Crippen LogP contribution in [0.3, 0.4) is 0 Å². The van der Waals surface area contributed by atoms with E-state index < -0.39 is 15.4 Å². The molecule has 1 amide bonds. The van der Waals surface area contributed by atoms with Gasteiger partial charge in [0.15, 0.2) is 9.84 Å². The van der Waals surface area contributed by atoms with E-state index in [9.17, 15) is 13.2 Å². The van der Waals surface area contributed by atoms with Gasteiger partial charge in [0.1, 0.15) is 0 Å². The molecule has 4 nitrogen and oxygen atoms in total. The fraction of sp³-hybridized carbons (Fsp3) is 0.316. The second-order valence-corrected chi connectivity index (χ2v) is 10.5. The predicted molar refractivity (Wildman–Crippen MR) is 107 cm³/mol. The molecule has 1 N–H and O–H groups in total. The van der Waals surface area contributed by atoms with E-state index >= 15 is 0 Å². The molecule has 1 atom stereocenters. The zero-order valence-electron chi connectivity index (χ0n) is 14.4. The summed E-state index contributed by atoms with van der Waals surface area (Å²) in [6.45, 7) is 1.78. The summed E-state index contributed by atoms with van der Waals surface area (Å²) in [6, 6.07) is 15.1. The lowest BCUT2D eigenvalue weighted by atomic mass is 10.0. The molecule has 0 spiro atoms. The third kappa shape index (κ3) is 5.02. The Labute approximate surface area is 163 Å². The van der Waals surface area contributed by atoms with Crippen molar-refractivity contribution in [3.8, 4) is 0 Å². The first kappa shape index (κ1) is 19.3. The van der Waals surface area contributed by atoms with E-state index in [1.807, 2.05) is 36.4 Å². The number of carbonyl (C=O) groups excluding carboxylic acids is 1. The molecular weight excluding hydrogens is 390 g/mol. The molecule has 1 aliphatic rings. The number of thioether (sulfide) groups is 1. The number of halogens is 1. The molecule has 0 aliphatic carbocycles. The largest absolute Gasteiger partial charge is 0.346 e. The number of hydrogen-bond acceptors (Lipinski definition) is 4. The van der Waals surface area contributed by atoms with E-state index in [0.717, 1.165) is 16.2 Å². The van der Waals surface area contributed by atoms with Gasteiger partial charge in [0.25, 0.3) is 5.91 Å². The van der Waals surface area contributed by atoms with Crippen molar-refractivity contribution >= 4 is 39.1 Å². The SMILES string of the molecule is C[C@]1(NC(=O)c2ccc(CSc3ccc(Cl)cc3)cc2)CCS(=O)(=O)C1. The molecule has 3 rings (SSSR count). The number of hydrogen-bond donors (Lipinski definition) is 1. The van der Waals surface area contributed by atoms with Gasteiger partial charge >= 0.3 is 0 Å². The molecule has 1 fully saturated rings. The molecular formula is C19H20ClNO3S2. The molecule has 0 aromatic heterocycles. The maximum Gasteiger partial charge on any atom is 0.251 e. The van der Waals surface area contributed by atoms with Crippen molar-refractivity contribution in [2.45, 2.75) is 29.5 Å². The minimum Gasteiger partial charge on any atom is -0.346 e. The first-order chi connectivity index (χ1) is 12.2. The number of nitrogens with one attached hydrogen (secondary N) is 1. The van der Waals surface area contributed by atoms with Crippen molar-refractivity contribution in [3.05, 3.63) is 64.7 Å². The van der Waals surface area contributed by atoms with Gasteiger partial charge in [0, 0.05) is 21.2 Å².